The third-order valence-corrected chi connectivity index (χ3v) is 8.61. The Balaban J connectivity index is 1.63. The molecular formula is C27H35BINO7. The lowest BCUT2D eigenvalue weighted by Crippen LogP contribution is -2.46. The van der Waals surface area contributed by atoms with E-state index in [9.17, 15) is 19.7 Å². The topological polar surface area (TPSA) is 106 Å². The highest BCUT2D eigenvalue weighted by Crippen LogP contribution is 2.50. The highest BCUT2D eigenvalue weighted by Gasteiger charge is 2.56. The largest absolute Gasteiger partial charge is 0.504 e. The van der Waals surface area contributed by atoms with E-state index in [0.29, 0.717) is 35.1 Å². The molecule has 200 valence electrons. The molecule has 37 heavy (non-hydrogen) atoms. The van der Waals surface area contributed by atoms with Crippen LogP contribution < -0.4 is 4.74 Å². The van der Waals surface area contributed by atoms with Crippen LogP contribution in [0.15, 0.2) is 28.9 Å². The highest BCUT2D eigenvalue weighted by molar-refractivity contribution is 14.1. The molecule has 0 unspecified atom stereocenters. The number of imide groups is 1. The van der Waals surface area contributed by atoms with E-state index in [4.69, 9.17) is 14.1 Å². The van der Waals surface area contributed by atoms with Crippen LogP contribution in [0.2, 0.25) is 6.32 Å². The lowest BCUT2D eigenvalue weighted by molar-refractivity contribution is -0.138. The quantitative estimate of drug-likeness (QED) is 0.185. The number of carbonyl (C=O) groups excluding carboxylic acids is 2. The molecule has 2 N–H and O–H groups in total. The monoisotopic (exact) mass is 623 g/mol. The zero-order valence-electron chi connectivity index (χ0n) is 21.8. The molecule has 0 aromatic heterocycles. The standard InChI is InChI=1S/C27H35BINO7/c1-5-6-15(9-16-10-20(29)25(31)22(11-16)36-4)7-8-21-23-17(14-35-3)12-18-24(19(23)13-28(34)37-21)27(33)30(2)26(18)32/h9-11,18-19,21,24,31,34H,5-8,12-14H2,1-4H3/b15-9+/t18-,19+,21-,24-/m1/s1. The number of phenols is 1. The van der Waals surface area contributed by atoms with Crippen molar-refractivity contribution in [3.63, 3.8) is 0 Å². The van der Waals surface area contributed by atoms with Gasteiger partial charge in [-0.3, -0.25) is 14.5 Å². The normalized spacial score (nSPS) is 26.1. The van der Waals surface area contributed by atoms with Crippen LogP contribution >= 0.6 is 22.6 Å². The van der Waals surface area contributed by atoms with Crippen LogP contribution in [0.3, 0.4) is 0 Å². The van der Waals surface area contributed by atoms with Gasteiger partial charge >= 0.3 is 7.12 Å². The summed E-state index contributed by atoms with van der Waals surface area (Å²) in [6, 6.07) is 3.74. The van der Waals surface area contributed by atoms with Crippen LogP contribution in [0.4, 0.5) is 0 Å². The summed E-state index contributed by atoms with van der Waals surface area (Å²) < 4.78 is 17.6. The molecule has 10 heteroatoms. The SMILES string of the molecule is CCC/C(=C\c1cc(I)c(O)c(OC)c1)CC[C@H]1OB(O)C[C@H]2C1=C(COC)C[C@H]1C(=O)N(C)C(=O)[C@H]12. The minimum Gasteiger partial charge on any atom is -0.504 e. The second-order valence-electron chi connectivity index (χ2n) is 10.1. The Morgan fingerprint density at radius 2 is 2.00 bits per heavy atom. The molecule has 2 heterocycles. The number of phenolic OH excluding ortho intramolecular Hbond substituents is 1. The van der Waals surface area contributed by atoms with Crippen LogP contribution in [0.1, 0.15) is 44.6 Å². The van der Waals surface area contributed by atoms with Crippen molar-refractivity contribution in [1.29, 1.82) is 0 Å². The predicted molar refractivity (Wildman–Crippen MR) is 149 cm³/mol. The summed E-state index contributed by atoms with van der Waals surface area (Å²) in [5, 5.41) is 20.8. The Bertz CT molecular complexity index is 1120. The van der Waals surface area contributed by atoms with E-state index in [0.717, 1.165) is 36.0 Å². The Labute approximate surface area is 232 Å². The van der Waals surface area contributed by atoms with Crippen LogP contribution in [-0.4, -0.2) is 67.9 Å². The van der Waals surface area contributed by atoms with E-state index in [-0.39, 0.29) is 29.6 Å². The number of aromatic hydroxyl groups is 1. The smallest absolute Gasteiger partial charge is 0.455 e. The summed E-state index contributed by atoms with van der Waals surface area (Å²) in [6.07, 6.45) is 5.80. The first-order valence-corrected chi connectivity index (χ1v) is 13.9. The van der Waals surface area contributed by atoms with Crippen LogP contribution in [0.25, 0.3) is 6.08 Å². The fraction of sp³-hybridized carbons (Fsp3) is 0.556. The molecule has 2 aliphatic heterocycles. The number of hydrogen-bond acceptors (Lipinski definition) is 7. The lowest BCUT2D eigenvalue weighted by atomic mass is 9.58. The molecule has 3 aliphatic rings. The zero-order chi connectivity index (χ0) is 26.9. The highest BCUT2D eigenvalue weighted by atomic mass is 127. The van der Waals surface area contributed by atoms with Crippen LogP contribution in [0.5, 0.6) is 11.5 Å². The maximum absolute atomic E-state index is 13.0. The van der Waals surface area contributed by atoms with E-state index in [1.54, 1.807) is 14.2 Å². The number of benzene rings is 1. The number of fused-ring (bicyclic) bond motifs is 3. The summed E-state index contributed by atoms with van der Waals surface area (Å²) in [5.74, 6) is -0.831. The second kappa shape index (κ2) is 11.9. The van der Waals surface area contributed by atoms with E-state index < -0.39 is 19.0 Å². The van der Waals surface area contributed by atoms with Crippen molar-refractivity contribution in [2.75, 3.05) is 27.9 Å². The van der Waals surface area contributed by atoms with Gasteiger partial charge in [0.1, 0.15) is 0 Å². The molecule has 0 saturated carbocycles. The fourth-order valence-corrected chi connectivity index (χ4v) is 6.83. The molecule has 0 spiro atoms. The van der Waals surface area contributed by atoms with Crippen molar-refractivity contribution >= 4 is 47.6 Å². The molecule has 8 nitrogen and oxygen atoms in total. The Hall–Kier alpha value is -1.89. The van der Waals surface area contributed by atoms with Gasteiger partial charge in [-0.2, -0.15) is 0 Å². The van der Waals surface area contributed by atoms with E-state index >= 15 is 0 Å². The minimum atomic E-state index is -0.989. The van der Waals surface area contributed by atoms with Gasteiger partial charge in [-0.15, -0.1) is 0 Å². The van der Waals surface area contributed by atoms with Gasteiger partial charge in [0.2, 0.25) is 11.8 Å². The number of hydrogen-bond donors (Lipinski definition) is 2. The maximum Gasteiger partial charge on any atom is 0.455 e. The van der Waals surface area contributed by atoms with E-state index in [1.165, 1.54) is 17.6 Å². The average Bonchev–Trinajstić information content (AvgIpc) is 3.08. The first-order chi connectivity index (χ1) is 17.7. The molecule has 1 aromatic carbocycles. The maximum atomic E-state index is 13.0. The van der Waals surface area contributed by atoms with Gasteiger partial charge in [-0.1, -0.05) is 25.0 Å². The molecule has 2 saturated heterocycles. The molecule has 1 aromatic rings. The van der Waals surface area contributed by atoms with Crippen molar-refractivity contribution in [3.05, 3.63) is 38.0 Å². The van der Waals surface area contributed by atoms with Gasteiger partial charge in [0, 0.05) is 14.2 Å². The third-order valence-electron chi connectivity index (χ3n) is 7.79. The molecule has 1 aliphatic carbocycles. The van der Waals surface area contributed by atoms with Gasteiger partial charge < -0.3 is 24.3 Å². The molecule has 2 amide bonds. The zero-order valence-corrected chi connectivity index (χ0v) is 24.0. The van der Waals surface area contributed by atoms with Crippen molar-refractivity contribution < 1.29 is 33.8 Å². The van der Waals surface area contributed by atoms with Gasteiger partial charge in [0.25, 0.3) is 0 Å². The number of methoxy groups -OCH3 is 2. The summed E-state index contributed by atoms with van der Waals surface area (Å²) >= 11 is 2.09. The van der Waals surface area contributed by atoms with Gasteiger partial charge in [0.05, 0.1) is 35.2 Å². The Kier molecular flexibility index (Phi) is 9.03. The molecule has 4 rings (SSSR count). The summed E-state index contributed by atoms with van der Waals surface area (Å²) in [4.78, 5) is 27.1. The number of carbonyl (C=O) groups is 2. The Morgan fingerprint density at radius 3 is 2.68 bits per heavy atom. The van der Waals surface area contributed by atoms with Gasteiger partial charge in [0.15, 0.2) is 11.5 Å². The van der Waals surface area contributed by atoms with Crippen molar-refractivity contribution in [2.24, 2.45) is 17.8 Å². The Morgan fingerprint density at radius 1 is 1.24 bits per heavy atom. The predicted octanol–water partition coefficient (Wildman–Crippen LogP) is 4.04. The molecule has 2 fully saturated rings. The third kappa shape index (κ3) is 5.62. The number of nitrogens with zero attached hydrogens (tertiary/aromatic N) is 1. The van der Waals surface area contributed by atoms with Crippen LogP contribution in [0, 0.1) is 21.3 Å². The first kappa shape index (κ1) is 28.1. The number of likely N-dealkylation sites (tertiary alicyclic amines) is 1. The van der Waals surface area contributed by atoms with Crippen molar-refractivity contribution in [1.82, 2.24) is 4.90 Å². The summed E-state index contributed by atoms with van der Waals surface area (Å²) in [6.45, 7) is 2.51. The molecular weight excluding hydrogens is 588 g/mol. The summed E-state index contributed by atoms with van der Waals surface area (Å²) in [5.41, 5.74) is 4.21. The molecule has 4 atom stereocenters. The number of rotatable bonds is 9. The van der Waals surface area contributed by atoms with Gasteiger partial charge in [-0.25, -0.2) is 0 Å². The average molecular weight is 623 g/mol. The minimum absolute atomic E-state index is 0.131. The fourth-order valence-electron chi connectivity index (χ4n) is 6.20. The number of halogens is 1. The van der Waals surface area contributed by atoms with Crippen LogP contribution in [-0.2, 0) is 19.0 Å². The number of amides is 2. The number of ether oxygens (including phenoxy) is 2. The first-order valence-electron chi connectivity index (χ1n) is 12.8. The summed E-state index contributed by atoms with van der Waals surface area (Å²) in [7, 11) is 3.73. The van der Waals surface area contributed by atoms with E-state index in [1.807, 2.05) is 12.1 Å². The van der Waals surface area contributed by atoms with Gasteiger partial charge in [-0.05, 0) is 89.4 Å². The molecule has 0 radical (unpaired) electrons. The van der Waals surface area contributed by atoms with E-state index in [2.05, 4.69) is 35.6 Å². The van der Waals surface area contributed by atoms with Crippen molar-refractivity contribution in [2.45, 2.75) is 51.5 Å². The lowest BCUT2D eigenvalue weighted by Gasteiger charge is -2.43. The second-order valence-corrected chi connectivity index (χ2v) is 11.3. The van der Waals surface area contributed by atoms with Crippen molar-refractivity contribution in [3.8, 4) is 11.5 Å². The number of allylic oxidation sites excluding steroid dienone is 1. The molecule has 0 bridgehead atoms.